The Hall–Kier alpha value is -3.92. The molecule has 3 unspecified atom stereocenters. The topological polar surface area (TPSA) is 135 Å². The number of rotatable bonds is 29. The molecule has 0 aromatic heterocycles. The van der Waals surface area contributed by atoms with E-state index in [0.717, 1.165) is 97.6 Å². The summed E-state index contributed by atoms with van der Waals surface area (Å²) in [6, 6.07) is 18.4. The second kappa shape index (κ2) is 27.0. The van der Waals surface area contributed by atoms with Gasteiger partial charge in [-0.15, -0.1) is 0 Å². The van der Waals surface area contributed by atoms with E-state index < -0.39 is 8.56 Å². The predicted octanol–water partition coefficient (Wildman–Crippen LogP) is 15.6. The molecule has 0 radical (unpaired) electrons. The predicted molar refractivity (Wildman–Crippen MR) is 242 cm³/mol. The van der Waals surface area contributed by atoms with Gasteiger partial charge in [-0.05, 0) is 73.0 Å². The Morgan fingerprint density at radius 2 is 0.741 bits per heavy atom. The molecule has 0 aliphatic heterocycles. The molecule has 3 aromatic rings. The minimum Gasteiger partial charge on any atom is -0.507 e. The molecule has 0 bridgehead atoms. The summed E-state index contributed by atoms with van der Waals surface area (Å²) >= 11 is 0. The van der Waals surface area contributed by atoms with E-state index in [-0.39, 0.29) is 37.4 Å². The van der Waals surface area contributed by atoms with Crippen LogP contribution in [0.4, 0.5) is 0 Å². The van der Waals surface area contributed by atoms with Crippen molar-refractivity contribution in [3.8, 4) is 17.2 Å². The van der Waals surface area contributed by atoms with Gasteiger partial charge >= 0.3 is 8.56 Å². The third-order valence-corrected chi connectivity index (χ3v) is 14.3. The fourth-order valence-electron chi connectivity index (χ4n) is 8.09. The molecule has 9 nitrogen and oxygen atoms in total. The Morgan fingerprint density at radius 3 is 1.00 bits per heavy atom. The van der Waals surface area contributed by atoms with Crippen LogP contribution in [0.1, 0.15) is 202 Å². The highest BCUT2D eigenvalue weighted by atomic mass is 28.4. The normalized spacial score (nSPS) is 14.7. The first-order valence-electron chi connectivity index (χ1n) is 22.8. The van der Waals surface area contributed by atoms with E-state index >= 15 is 0 Å². The molecule has 0 spiro atoms. The van der Waals surface area contributed by atoms with Crippen LogP contribution in [0.3, 0.4) is 0 Å². The number of phenolic OH excluding ortho intramolecular Hbond substituents is 3. The lowest BCUT2D eigenvalue weighted by Crippen LogP contribution is -2.26. The Morgan fingerprint density at radius 1 is 0.431 bits per heavy atom. The van der Waals surface area contributed by atoms with Gasteiger partial charge in [0.15, 0.2) is 0 Å². The SMILES string of the molecule is CCCCCC(CC)c1cccc(C/N=N\[Si](CCC)(/N=N\Cc2cccc(C(CC)CCCCC)c2O)/N=N\Cc2cccc(C(CC)CCCCC)c2O)c1O. The number of hydrogen-bond acceptors (Lipinski definition) is 9. The first-order valence-corrected chi connectivity index (χ1v) is 24.9. The number of aromatic hydroxyl groups is 3. The molecule has 0 fully saturated rings. The van der Waals surface area contributed by atoms with E-state index in [1.54, 1.807) is 0 Å². The summed E-state index contributed by atoms with van der Waals surface area (Å²) in [4.78, 5) is 0. The third-order valence-electron chi connectivity index (χ3n) is 11.7. The number of phenols is 3. The number of unbranched alkanes of at least 4 members (excludes halogenated alkanes) is 6. The highest BCUT2D eigenvalue weighted by molar-refractivity contribution is 6.74. The first kappa shape index (κ1) is 48.4. The van der Waals surface area contributed by atoms with Crippen molar-refractivity contribution in [2.75, 3.05) is 0 Å². The minimum absolute atomic E-state index is 0.188. The summed E-state index contributed by atoms with van der Waals surface area (Å²) in [5.74, 6) is 1.75. The molecule has 58 heavy (non-hydrogen) atoms. The van der Waals surface area contributed by atoms with Gasteiger partial charge in [-0.2, -0.15) is 29.7 Å². The molecule has 0 heterocycles. The maximum absolute atomic E-state index is 11.4. The minimum atomic E-state index is -3.37. The van der Waals surface area contributed by atoms with Crippen LogP contribution < -0.4 is 0 Å². The van der Waals surface area contributed by atoms with Crippen LogP contribution in [0.15, 0.2) is 84.3 Å². The number of hydrogen-bond donors (Lipinski definition) is 3. The van der Waals surface area contributed by atoms with Crippen molar-refractivity contribution >= 4 is 8.56 Å². The van der Waals surface area contributed by atoms with E-state index in [0.29, 0.717) is 23.3 Å². The van der Waals surface area contributed by atoms with Gasteiger partial charge in [-0.1, -0.05) is 167 Å². The van der Waals surface area contributed by atoms with Crippen LogP contribution in [0.25, 0.3) is 0 Å². The van der Waals surface area contributed by atoms with Crippen molar-refractivity contribution in [3.63, 3.8) is 0 Å². The van der Waals surface area contributed by atoms with E-state index in [9.17, 15) is 15.3 Å². The van der Waals surface area contributed by atoms with Crippen molar-refractivity contribution in [2.24, 2.45) is 29.7 Å². The molecular formula is C48H76N6O3Si. The lowest BCUT2D eigenvalue weighted by atomic mass is 9.89. The van der Waals surface area contributed by atoms with Crippen LogP contribution in [0, 0.1) is 0 Å². The van der Waals surface area contributed by atoms with Gasteiger partial charge in [-0.25, -0.2) is 0 Å². The second-order valence-electron chi connectivity index (χ2n) is 16.1. The summed E-state index contributed by atoms with van der Waals surface area (Å²) in [7, 11) is -3.37. The summed E-state index contributed by atoms with van der Waals surface area (Å²) in [5.41, 5.74) is 5.08. The Bertz CT molecular complexity index is 1520. The highest BCUT2D eigenvalue weighted by Crippen LogP contribution is 2.38. The molecule has 320 valence electrons. The number of benzene rings is 3. The maximum atomic E-state index is 11.4. The average Bonchev–Trinajstić information content (AvgIpc) is 3.22. The fraction of sp³-hybridized carbons (Fsp3) is 0.625. The molecule has 3 aromatic carbocycles. The third kappa shape index (κ3) is 14.7. The maximum Gasteiger partial charge on any atom is 0.490 e. The monoisotopic (exact) mass is 813 g/mol. The van der Waals surface area contributed by atoms with Gasteiger partial charge in [0, 0.05) is 22.7 Å². The quantitative estimate of drug-likeness (QED) is 0.0366. The molecule has 0 aliphatic rings. The molecule has 10 heteroatoms. The first-order chi connectivity index (χ1) is 28.2. The summed E-state index contributed by atoms with van der Waals surface area (Å²) in [6.45, 7) is 15.8. The largest absolute Gasteiger partial charge is 0.507 e. The van der Waals surface area contributed by atoms with Crippen LogP contribution in [0.5, 0.6) is 17.2 Å². The van der Waals surface area contributed by atoms with Crippen molar-refractivity contribution in [1.29, 1.82) is 0 Å². The summed E-state index contributed by atoms with van der Waals surface area (Å²) in [6.07, 6.45) is 17.2. The van der Waals surface area contributed by atoms with Crippen LogP contribution in [-0.4, -0.2) is 23.9 Å². The zero-order valence-corrected chi connectivity index (χ0v) is 38.1. The van der Waals surface area contributed by atoms with Gasteiger partial charge in [-0.3, -0.25) is 0 Å². The molecule has 3 atom stereocenters. The van der Waals surface area contributed by atoms with Crippen molar-refractivity contribution < 1.29 is 15.3 Å². The van der Waals surface area contributed by atoms with Crippen LogP contribution in [-0.2, 0) is 19.6 Å². The van der Waals surface area contributed by atoms with Crippen LogP contribution in [0.2, 0.25) is 6.04 Å². The van der Waals surface area contributed by atoms with Crippen molar-refractivity contribution in [3.05, 3.63) is 88.0 Å². The average molecular weight is 813 g/mol. The van der Waals surface area contributed by atoms with Gasteiger partial charge < -0.3 is 15.3 Å². The summed E-state index contributed by atoms with van der Waals surface area (Å²) < 4.78 is 14.6. The Balaban J connectivity index is 1.98. The number of para-hydroxylation sites is 3. The van der Waals surface area contributed by atoms with Crippen molar-refractivity contribution in [2.45, 2.75) is 195 Å². The van der Waals surface area contributed by atoms with E-state index in [4.69, 9.17) is 14.3 Å². The molecule has 0 aliphatic carbocycles. The molecule has 0 saturated carbocycles. The van der Waals surface area contributed by atoms with Gasteiger partial charge in [0.25, 0.3) is 0 Å². The van der Waals surface area contributed by atoms with E-state index in [1.807, 2.05) is 54.6 Å². The number of nitrogens with zero attached hydrogens (tertiary/aromatic N) is 6. The lowest BCUT2D eigenvalue weighted by Gasteiger charge is -2.19. The summed E-state index contributed by atoms with van der Waals surface area (Å²) in [5, 5.41) is 48.3. The standard InChI is InChI=1S/C48H76N6O3Si/c1-8-15-18-24-37(12-5)43-30-21-27-40(46(43)55)34-49-52-58(33-11-4,53-50-35-41-28-22-31-44(47(41)56)38(13-6)25-19-16-9-2)54-51-36-42-29-23-32-45(48(42)57)39(14-7)26-20-17-10-3/h21-23,27-32,37-39,55-57H,8-20,24-26,33-36H2,1-7H3/b52-49-,53-50-,54-51-. The zero-order chi connectivity index (χ0) is 42.2. The molecule has 0 amide bonds. The van der Waals surface area contributed by atoms with E-state index in [2.05, 4.69) is 63.8 Å². The van der Waals surface area contributed by atoms with Gasteiger partial charge in [0.1, 0.15) is 17.2 Å². The highest BCUT2D eigenvalue weighted by Gasteiger charge is 2.36. The lowest BCUT2D eigenvalue weighted by molar-refractivity contribution is 0.444. The molecule has 0 saturated heterocycles. The van der Waals surface area contributed by atoms with Crippen LogP contribution >= 0.6 is 0 Å². The van der Waals surface area contributed by atoms with Gasteiger partial charge in [0.2, 0.25) is 0 Å². The second-order valence-corrected chi connectivity index (χ2v) is 18.7. The Kier molecular flexibility index (Phi) is 22.5. The molecule has 3 N–H and O–H groups in total. The smallest absolute Gasteiger partial charge is 0.490 e. The Labute approximate surface area is 352 Å². The zero-order valence-electron chi connectivity index (χ0n) is 37.1. The molecule has 3 rings (SSSR count). The fourth-order valence-corrected chi connectivity index (χ4v) is 10.1. The van der Waals surface area contributed by atoms with E-state index in [1.165, 1.54) is 38.5 Å². The van der Waals surface area contributed by atoms with Crippen molar-refractivity contribution in [1.82, 2.24) is 0 Å². The molecular weight excluding hydrogens is 737 g/mol. The van der Waals surface area contributed by atoms with Gasteiger partial charge in [0.05, 0.1) is 19.6 Å².